The standard InChI is InChI=1S/C74H91FN14O17/c1-6-8-21-54(82-61(92)37-79-68(100)58(34-62(93)94)84-66(98)41(4)81-67(99)53(76)33-49-36-78-39-80-49)69(101)86-57(32-48-17-11-14-20-52(48)75)72(104)89-64(42(5)91)74(106)88-60(38-90)73(105)87-59(35-63(95)96)71(103)85-56(31-44-24-28-47(29-25-44)51-19-13-10-16-45(51)7-2)70(102)83-55(65(77)97)30-43-22-26-46(27-23-43)50-18-12-9-15-40(50)3/h9-20,22-29,36,39,41-42,53-60,64,90-91H,6-8,21,30-35,37-38,76H2,1-5H3,(H2,77,97)(H,78,80)(H,79,100)(H,81,99)(H,82,92)(H,83,102)(H,84,98)(H,85,103)(H,86,101)(H,87,105)(H,88,106)(H,89,104)(H,93,94)(H,95,96)/t41-,42-,53+,54+,55+,56+,57+,58+,59+,60+,64+/m1/s1. The second-order valence-electron chi connectivity index (χ2n) is 25.4. The molecule has 31 nitrogen and oxygen atoms in total. The van der Waals surface area contributed by atoms with Crippen molar-refractivity contribution in [1.29, 1.82) is 0 Å². The van der Waals surface area contributed by atoms with Crippen molar-refractivity contribution in [3.05, 3.63) is 173 Å². The van der Waals surface area contributed by atoms with E-state index in [0.29, 0.717) is 23.2 Å². The predicted octanol–water partition coefficient (Wildman–Crippen LogP) is -0.151. The first-order chi connectivity index (χ1) is 50.5. The van der Waals surface area contributed by atoms with Crippen LogP contribution in [0.5, 0.6) is 0 Å². The van der Waals surface area contributed by atoms with Crippen LogP contribution in [0.4, 0.5) is 4.39 Å². The Hall–Kier alpha value is -11.8. The van der Waals surface area contributed by atoms with Crippen molar-refractivity contribution in [2.45, 2.75) is 165 Å². The van der Waals surface area contributed by atoms with Crippen LogP contribution in [0.1, 0.15) is 93.3 Å². The lowest BCUT2D eigenvalue weighted by molar-refractivity contribution is -0.142. The third kappa shape index (κ3) is 25.6. The molecule has 5 aromatic carbocycles. The zero-order chi connectivity index (χ0) is 77.7. The lowest BCUT2D eigenvalue weighted by Gasteiger charge is -2.28. The molecule has 566 valence electrons. The minimum absolute atomic E-state index is 0.0251. The van der Waals surface area contributed by atoms with E-state index in [1.54, 1.807) is 43.3 Å². The summed E-state index contributed by atoms with van der Waals surface area (Å²) in [5.41, 5.74) is 19.0. The topological polar surface area (TPSA) is 504 Å². The molecular formula is C74H91FN14O17. The molecule has 6 rings (SSSR count). The largest absolute Gasteiger partial charge is 0.481 e. The molecule has 0 aliphatic carbocycles. The fraction of sp³-hybridized carbons (Fsp3) is 0.378. The molecule has 0 saturated heterocycles. The van der Waals surface area contributed by atoms with Gasteiger partial charge in [0.2, 0.25) is 65.0 Å². The Labute approximate surface area is 610 Å². The third-order valence-corrected chi connectivity index (χ3v) is 17.2. The Morgan fingerprint density at radius 1 is 0.519 bits per heavy atom. The van der Waals surface area contributed by atoms with E-state index in [-0.39, 0.29) is 37.7 Å². The lowest BCUT2D eigenvalue weighted by atomic mass is 9.95. The molecule has 11 amide bonds. The average molecular weight is 1470 g/mol. The number of carbonyl (C=O) groups is 13. The van der Waals surface area contributed by atoms with Gasteiger partial charge in [0, 0.05) is 37.6 Å². The van der Waals surface area contributed by atoms with Gasteiger partial charge in [-0.25, -0.2) is 9.37 Å². The van der Waals surface area contributed by atoms with Gasteiger partial charge in [0.1, 0.15) is 60.2 Å². The molecule has 6 aromatic rings. The molecule has 0 aliphatic rings. The summed E-state index contributed by atoms with van der Waals surface area (Å²) in [6.07, 6.45) is -0.774. The molecule has 0 saturated carbocycles. The molecule has 19 N–H and O–H groups in total. The van der Waals surface area contributed by atoms with E-state index in [0.717, 1.165) is 52.8 Å². The van der Waals surface area contributed by atoms with Gasteiger partial charge in [-0.2, -0.15) is 0 Å². The fourth-order valence-corrected chi connectivity index (χ4v) is 11.2. The van der Waals surface area contributed by atoms with Crippen LogP contribution in [0, 0.1) is 12.7 Å². The van der Waals surface area contributed by atoms with Gasteiger partial charge in [-0.3, -0.25) is 62.3 Å². The quantitative estimate of drug-likeness (QED) is 0.0237. The van der Waals surface area contributed by atoms with Crippen molar-refractivity contribution < 1.29 is 87.1 Å². The molecule has 0 bridgehead atoms. The maximum atomic E-state index is 15.3. The Bertz CT molecular complexity index is 4070. The number of nitrogens with two attached hydrogens (primary N) is 2. The molecule has 0 spiro atoms. The van der Waals surface area contributed by atoms with Gasteiger partial charge in [-0.05, 0) is 89.8 Å². The highest BCUT2D eigenvalue weighted by atomic mass is 19.1. The van der Waals surface area contributed by atoms with Gasteiger partial charge in [-0.15, -0.1) is 0 Å². The van der Waals surface area contributed by atoms with Crippen LogP contribution in [0.2, 0.25) is 0 Å². The van der Waals surface area contributed by atoms with E-state index < -0.39 is 182 Å². The van der Waals surface area contributed by atoms with Gasteiger partial charge in [0.05, 0.1) is 44.5 Å². The maximum absolute atomic E-state index is 15.3. The second-order valence-corrected chi connectivity index (χ2v) is 25.4. The zero-order valence-electron chi connectivity index (χ0n) is 59.1. The van der Waals surface area contributed by atoms with Gasteiger partial charge in [0.15, 0.2) is 0 Å². The smallest absolute Gasteiger partial charge is 0.305 e. The summed E-state index contributed by atoms with van der Waals surface area (Å²) in [7, 11) is 0. The first-order valence-corrected chi connectivity index (χ1v) is 34.3. The summed E-state index contributed by atoms with van der Waals surface area (Å²) < 4.78 is 15.3. The van der Waals surface area contributed by atoms with Crippen molar-refractivity contribution in [3.8, 4) is 22.3 Å². The molecule has 1 heterocycles. The Morgan fingerprint density at radius 3 is 1.57 bits per heavy atom. The minimum atomic E-state index is -2.07. The number of nitrogens with zero attached hydrogens (tertiary/aromatic N) is 1. The second kappa shape index (κ2) is 40.9. The number of benzene rings is 5. The number of aromatic nitrogens is 2. The SMILES string of the molecule is CCCC[C@H](NC(=O)CNC(=O)[C@H](CC(=O)O)NC(=O)[C@@H](C)NC(=O)[C@@H](N)Cc1cnc[nH]1)C(=O)N[C@@H](Cc1ccccc1F)C(=O)N[C@H](C(=O)N[C@@H](CO)C(=O)N[C@@H](CC(=O)O)C(=O)N[C@@H](Cc1ccc(-c2ccccc2CC)cc1)C(=O)N[C@@H](Cc1ccc(-c2ccccc2C)cc1)C(N)=O)[C@@H](C)O. The lowest BCUT2D eigenvalue weighted by Crippen LogP contribution is -2.62. The van der Waals surface area contributed by atoms with Gasteiger partial charge in [0.25, 0.3) is 0 Å². The van der Waals surface area contributed by atoms with Crippen LogP contribution in [-0.2, 0) is 94.4 Å². The number of amides is 11. The number of aliphatic carboxylic acids is 2. The predicted molar refractivity (Wildman–Crippen MR) is 384 cm³/mol. The molecular weight excluding hydrogens is 1380 g/mol. The number of carbonyl (C=O) groups excluding carboxylic acids is 11. The number of halogens is 1. The highest BCUT2D eigenvalue weighted by molar-refractivity contribution is 6.00. The molecule has 1 aromatic heterocycles. The Balaban J connectivity index is 1.15. The van der Waals surface area contributed by atoms with E-state index in [1.807, 2.05) is 74.5 Å². The van der Waals surface area contributed by atoms with Crippen molar-refractivity contribution in [3.63, 3.8) is 0 Å². The van der Waals surface area contributed by atoms with Gasteiger partial charge < -0.3 is 90.0 Å². The first-order valence-electron chi connectivity index (χ1n) is 34.3. The molecule has 0 unspecified atom stereocenters. The van der Waals surface area contributed by atoms with Gasteiger partial charge in [-0.1, -0.05) is 142 Å². The number of aliphatic hydroxyl groups is 2. The van der Waals surface area contributed by atoms with Gasteiger partial charge >= 0.3 is 11.9 Å². The number of H-pyrrole nitrogens is 1. The maximum Gasteiger partial charge on any atom is 0.305 e. The van der Waals surface area contributed by atoms with Crippen LogP contribution in [-0.4, -0.2) is 187 Å². The number of hydrogen-bond donors (Lipinski definition) is 17. The van der Waals surface area contributed by atoms with E-state index in [4.69, 9.17) is 11.5 Å². The molecule has 0 radical (unpaired) electrons. The van der Waals surface area contributed by atoms with Crippen molar-refractivity contribution >= 4 is 76.9 Å². The highest BCUT2D eigenvalue weighted by Crippen LogP contribution is 2.26. The van der Waals surface area contributed by atoms with Crippen molar-refractivity contribution in [1.82, 2.24) is 63.1 Å². The third-order valence-electron chi connectivity index (χ3n) is 17.2. The first kappa shape index (κ1) is 83.2. The highest BCUT2D eigenvalue weighted by Gasteiger charge is 2.37. The normalized spacial score (nSPS) is 14.2. The number of primary amides is 1. The summed E-state index contributed by atoms with van der Waals surface area (Å²) in [6.45, 7) is 5.84. The number of unbranched alkanes of at least 4 members (excludes halogenated alkanes) is 1. The minimum Gasteiger partial charge on any atom is -0.481 e. The summed E-state index contributed by atoms with van der Waals surface area (Å²) in [5, 5.41) is 64.5. The van der Waals surface area contributed by atoms with Crippen LogP contribution in [0.3, 0.4) is 0 Å². The number of rotatable bonds is 41. The van der Waals surface area contributed by atoms with Crippen molar-refractivity contribution in [2.24, 2.45) is 11.5 Å². The Kier molecular flexibility index (Phi) is 32.1. The molecule has 0 fully saturated rings. The number of nitrogens with one attached hydrogen (secondary N) is 11. The Morgan fingerprint density at radius 2 is 1.01 bits per heavy atom. The molecule has 32 heteroatoms. The number of aromatic amines is 1. The number of imidazole rings is 1. The summed E-state index contributed by atoms with van der Waals surface area (Å²) in [5.74, 6) is -16.1. The summed E-state index contributed by atoms with van der Waals surface area (Å²) in [4.78, 5) is 182. The summed E-state index contributed by atoms with van der Waals surface area (Å²) in [6, 6.07) is 18.1. The number of carboxylic acid groups (broad SMARTS) is 2. The van der Waals surface area contributed by atoms with Crippen LogP contribution < -0.4 is 64.6 Å². The van der Waals surface area contributed by atoms with Crippen LogP contribution in [0.15, 0.2) is 134 Å². The van der Waals surface area contributed by atoms with Crippen LogP contribution in [0.25, 0.3) is 22.3 Å². The number of aryl methyl sites for hydroxylation is 2. The molecule has 0 aliphatic heterocycles. The zero-order valence-corrected chi connectivity index (χ0v) is 59.1. The van der Waals surface area contributed by atoms with Crippen molar-refractivity contribution in [2.75, 3.05) is 13.2 Å². The van der Waals surface area contributed by atoms with Crippen LogP contribution >= 0.6 is 0 Å². The van der Waals surface area contributed by atoms with E-state index in [9.17, 15) is 82.8 Å². The monoisotopic (exact) mass is 1470 g/mol. The van der Waals surface area contributed by atoms with E-state index >= 15 is 4.39 Å². The summed E-state index contributed by atoms with van der Waals surface area (Å²) >= 11 is 0. The number of carboxylic acids is 2. The number of aliphatic hydroxyl groups excluding tert-OH is 2. The van der Waals surface area contributed by atoms with E-state index in [1.165, 1.54) is 37.6 Å². The molecule has 11 atom stereocenters. The van der Waals surface area contributed by atoms with E-state index in [2.05, 4.69) is 63.1 Å². The molecule has 106 heavy (non-hydrogen) atoms. The fourth-order valence-electron chi connectivity index (χ4n) is 11.2. The number of hydrogen-bond acceptors (Lipinski definition) is 17. The average Bonchev–Trinajstić information content (AvgIpc) is 0.882.